The minimum Gasteiger partial charge on any atom is -0.741 e. The van der Waals surface area contributed by atoms with Gasteiger partial charge in [0.25, 0.3) is 0 Å². The molecular formula is C5F15O15S5V. The molecule has 0 rings (SSSR count). The van der Waals surface area contributed by atoms with Crippen LogP contribution in [-0.2, 0) is 69.1 Å². The van der Waals surface area contributed by atoms with Gasteiger partial charge in [0.1, 0.15) is 0 Å². The summed E-state index contributed by atoms with van der Waals surface area (Å²) in [5.41, 5.74) is -28.2. The smallest absolute Gasteiger partial charge is 0.741 e. The average molecular weight is 796 g/mol. The molecule has 0 aliphatic heterocycles. The van der Waals surface area contributed by atoms with Crippen LogP contribution in [0.1, 0.15) is 0 Å². The van der Waals surface area contributed by atoms with Crippen LogP contribution in [0.2, 0.25) is 0 Å². The van der Waals surface area contributed by atoms with Gasteiger partial charge in [-0.1, -0.05) is 0 Å². The molecule has 0 aliphatic carbocycles. The van der Waals surface area contributed by atoms with Crippen LogP contribution in [0.5, 0.6) is 0 Å². The molecule has 0 aromatic carbocycles. The van der Waals surface area contributed by atoms with Crippen LogP contribution in [0.25, 0.3) is 0 Å². The molecule has 0 amide bonds. The van der Waals surface area contributed by atoms with Crippen LogP contribution >= 0.6 is 0 Å². The van der Waals surface area contributed by atoms with E-state index in [0.29, 0.717) is 0 Å². The van der Waals surface area contributed by atoms with Crippen molar-refractivity contribution in [3.8, 4) is 0 Å². The summed E-state index contributed by atoms with van der Waals surface area (Å²) in [6, 6.07) is 0. The molecule has 0 radical (unpaired) electrons. The van der Waals surface area contributed by atoms with Gasteiger partial charge in [-0.25, -0.2) is 42.1 Å². The van der Waals surface area contributed by atoms with Crippen LogP contribution in [0, 0.1) is 0 Å². The molecule has 0 aromatic rings. The number of rotatable bonds is 0. The summed E-state index contributed by atoms with van der Waals surface area (Å²) in [6.45, 7) is 0. The van der Waals surface area contributed by atoms with Crippen LogP contribution in [-0.4, -0.2) is 92.4 Å². The van der Waals surface area contributed by atoms with Crippen molar-refractivity contribution in [2.45, 2.75) is 27.5 Å². The number of halogens is 15. The molecule has 250 valence electrons. The SMILES string of the molecule is O=S(=O)([O-])C(F)(F)F.O=S(=O)([O-])C(F)(F)F.O=S(=O)([O-])C(F)(F)F.O=S(=O)([O-])C(F)(F)F.O=S(=O)([O-])C(F)(F)F.[V+5]. The Balaban J connectivity index is -0.0000000928. The van der Waals surface area contributed by atoms with E-state index in [2.05, 4.69) is 0 Å². The first-order chi connectivity index (χ1) is 16.2. The van der Waals surface area contributed by atoms with Gasteiger partial charge in [0.15, 0.2) is 50.6 Å². The van der Waals surface area contributed by atoms with Crippen molar-refractivity contribution in [3.63, 3.8) is 0 Å². The molecular weight excluding hydrogens is 796 g/mol. The maximum atomic E-state index is 10.7. The van der Waals surface area contributed by atoms with Crippen LogP contribution in [0.4, 0.5) is 65.9 Å². The molecule has 0 aliphatic rings. The molecule has 0 saturated carbocycles. The fourth-order valence-electron chi connectivity index (χ4n) is 0. The Morgan fingerprint density at radius 3 is 0.293 bits per heavy atom. The van der Waals surface area contributed by atoms with Gasteiger partial charge in [-0.15, -0.1) is 0 Å². The molecule has 0 N–H and O–H groups in total. The Bertz CT molecular complexity index is 1070. The predicted molar refractivity (Wildman–Crippen MR) is 78.8 cm³/mol. The van der Waals surface area contributed by atoms with E-state index in [1.165, 1.54) is 0 Å². The van der Waals surface area contributed by atoms with Crippen LogP contribution < -0.4 is 0 Å². The van der Waals surface area contributed by atoms with Crippen molar-refractivity contribution < 1.29 is 149 Å². The largest absolute Gasteiger partial charge is 5.00 e. The van der Waals surface area contributed by atoms with Crippen molar-refractivity contribution >= 4 is 50.6 Å². The Hall–Kier alpha value is -0.916. The van der Waals surface area contributed by atoms with Crippen molar-refractivity contribution in [2.75, 3.05) is 0 Å². The van der Waals surface area contributed by atoms with Gasteiger partial charge in [0.05, 0.1) is 0 Å². The summed E-state index contributed by atoms with van der Waals surface area (Å²) in [7, 11) is -30.5. The summed E-state index contributed by atoms with van der Waals surface area (Å²) >= 11 is 0. The van der Waals surface area contributed by atoms with Gasteiger partial charge in [0, 0.05) is 0 Å². The van der Waals surface area contributed by atoms with E-state index in [1.54, 1.807) is 0 Å². The molecule has 15 nitrogen and oxygen atoms in total. The molecule has 36 heteroatoms. The van der Waals surface area contributed by atoms with Crippen LogP contribution in [0.3, 0.4) is 0 Å². The molecule has 0 atom stereocenters. The van der Waals surface area contributed by atoms with Gasteiger partial charge >= 0.3 is 46.1 Å². The monoisotopic (exact) mass is 796 g/mol. The summed E-state index contributed by atoms with van der Waals surface area (Å²) in [5.74, 6) is 0. The molecule has 0 spiro atoms. The Kier molecular flexibility index (Phi) is 20.9. The zero-order valence-electron chi connectivity index (χ0n) is 16.8. The van der Waals surface area contributed by atoms with Gasteiger partial charge in [0.2, 0.25) is 0 Å². The molecule has 41 heavy (non-hydrogen) atoms. The van der Waals surface area contributed by atoms with Gasteiger partial charge in [-0.2, -0.15) is 65.9 Å². The van der Waals surface area contributed by atoms with E-state index in [9.17, 15) is 65.9 Å². The molecule has 0 bridgehead atoms. The summed E-state index contributed by atoms with van der Waals surface area (Å²) in [5, 5.41) is 0. The van der Waals surface area contributed by atoms with Gasteiger partial charge < -0.3 is 22.8 Å². The fraction of sp³-hybridized carbons (Fsp3) is 1.00. The molecule has 0 heterocycles. The van der Waals surface area contributed by atoms with E-state index in [1.807, 2.05) is 0 Å². The van der Waals surface area contributed by atoms with Crippen molar-refractivity contribution in [1.29, 1.82) is 0 Å². The summed E-state index contributed by atoms with van der Waals surface area (Å²) in [6.07, 6.45) is 0. The topological polar surface area (TPSA) is 286 Å². The Morgan fingerprint density at radius 2 is 0.293 bits per heavy atom. The zero-order chi connectivity index (χ0) is 35.0. The third-order valence-electron chi connectivity index (χ3n) is 1.42. The van der Waals surface area contributed by atoms with E-state index >= 15 is 0 Å². The number of hydrogen-bond donors (Lipinski definition) is 0. The Labute approximate surface area is 227 Å². The fourth-order valence-corrected chi connectivity index (χ4v) is 0. The third-order valence-corrected chi connectivity index (χ3v) is 4.25. The number of alkyl halides is 15. The third kappa shape index (κ3) is 27.7. The molecule has 0 aromatic heterocycles. The molecule has 0 saturated heterocycles. The molecule has 0 fully saturated rings. The van der Waals surface area contributed by atoms with E-state index < -0.39 is 78.1 Å². The number of hydrogen-bond acceptors (Lipinski definition) is 15. The minimum atomic E-state index is -6.09. The normalized spacial score (nSPS) is 13.7. The van der Waals surface area contributed by atoms with Crippen molar-refractivity contribution in [3.05, 3.63) is 0 Å². The first-order valence-electron chi connectivity index (χ1n) is 6.36. The van der Waals surface area contributed by atoms with Crippen molar-refractivity contribution in [2.24, 2.45) is 0 Å². The quantitative estimate of drug-likeness (QED) is 0.180. The Morgan fingerprint density at radius 1 is 0.268 bits per heavy atom. The van der Waals surface area contributed by atoms with Crippen molar-refractivity contribution in [1.82, 2.24) is 0 Å². The maximum Gasteiger partial charge on any atom is 5.00 e. The predicted octanol–water partition coefficient (Wildman–Crippen LogP) is 0.255. The first kappa shape index (κ1) is 52.7. The maximum absolute atomic E-state index is 10.7. The van der Waals surface area contributed by atoms with E-state index in [-0.39, 0.29) is 18.6 Å². The average Bonchev–Trinajstić information content (AvgIpc) is 2.47. The molecule has 0 unspecified atom stereocenters. The standard InChI is InChI=1S/5CHF3O3S.V/c5*2-1(3,4)8(5,6)7;/h5*(H,5,6,7);/q;;;;;+5/p-5. The summed E-state index contributed by atoms with van der Waals surface area (Å²) < 4.78 is 295. The van der Waals surface area contributed by atoms with Gasteiger partial charge in [-0.3, -0.25) is 0 Å². The van der Waals surface area contributed by atoms with Gasteiger partial charge in [-0.05, 0) is 0 Å². The summed E-state index contributed by atoms with van der Waals surface area (Å²) in [4.78, 5) is 0. The second-order valence-electron chi connectivity index (χ2n) is 4.50. The van der Waals surface area contributed by atoms with E-state index in [4.69, 9.17) is 64.9 Å². The second kappa shape index (κ2) is 16.2. The first-order valence-corrected chi connectivity index (χ1v) is 13.4. The van der Waals surface area contributed by atoms with Crippen LogP contribution in [0.15, 0.2) is 0 Å². The van der Waals surface area contributed by atoms with E-state index in [0.717, 1.165) is 0 Å². The zero-order valence-corrected chi connectivity index (χ0v) is 22.3. The minimum absolute atomic E-state index is 0. The second-order valence-corrected chi connectivity index (χ2v) is 11.4.